The molecule has 0 spiro atoms. The fourth-order valence-corrected chi connectivity index (χ4v) is 4.00. The standard InChI is InChI=1S/C17H27ClN4S/c1-4-10-22-16(19-20-17(22)23-13-14(2)18)12-21(3)11-15-8-6-5-7-9-15/h4,15H,1-2,5-13H2,3H3. The predicted octanol–water partition coefficient (Wildman–Crippen LogP) is 4.32. The van der Waals surface area contributed by atoms with Crippen LogP contribution in [0, 0.1) is 5.92 Å². The highest BCUT2D eigenvalue weighted by molar-refractivity contribution is 7.99. The van der Waals surface area contributed by atoms with Crippen LogP contribution in [0.4, 0.5) is 0 Å². The van der Waals surface area contributed by atoms with E-state index in [1.165, 1.54) is 32.1 Å². The molecule has 1 heterocycles. The summed E-state index contributed by atoms with van der Waals surface area (Å²) in [6.45, 7) is 10.2. The van der Waals surface area contributed by atoms with Crippen molar-refractivity contribution in [2.24, 2.45) is 5.92 Å². The van der Waals surface area contributed by atoms with E-state index in [1.54, 1.807) is 11.8 Å². The molecule has 128 valence electrons. The van der Waals surface area contributed by atoms with Crippen molar-refractivity contribution >= 4 is 23.4 Å². The molecule has 1 aliphatic carbocycles. The topological polar surface area (TPSA) is 34.0 Å². The van der Waals surface area contributed by atoms with Crippen LogP contribution in [-0.4, -0.2) is 39.0 Å². The normalized spacial score (nSPS) is 16.0. The summed E-state index contributed by atoms with van der Waals surface area (Å²) in [6.07, 6.45) is 8.78. The average Bonchev–Trinajstić information content (AvgIpc) is 2.88. The second kappa shape index (κ2) is 9.50. The number of hydrogen-bond donors (Lipinski definition) is 0. The van der Waals surface area contributed by atoms with Crippen molar-refractivity contribution in [3.63, 3.8) is 0 Å². The van der Waals surface area contributed by atoms with E-state index in [0.29, 0.717) is 10.8 Å². The Hall–Kier alpha value is -0.780. The van der Waals surface area contributed by atoms with Gasteiger partial charge in [0.2, 0.25) is 0 Å². The monoisotopic (exact) mass is 354 g/mol. The smallest absolute Gasteiger partial charge is 0.191 e. The van der Waals surface area contributed by atoms with E-state index >= 15 is 0 Å². The molecule has 1 aliphatic rings. The van der Waals surface area contributed by atoms with Crippen LogP contribution >= 0.6 is 23.4 Å². The molecule has 0 amide bonds. The van der Waals surface area contributed by atoms with E-state index in [-0.39, 0.29) is 0 Å². The summed E-state index contributed by atoms with van der Waals surface area (Å²) in [5, 5.41) is 10.2. The molecule has 1 fully saturated rings. The second-order valence-electron chi connectivity index (χ2n) is 6.30. The van der Waals surface area contributed by atoms with Crippen LogP contribution in [-0.2, 0) is 13.1 Å². The zero-order valence-corrected chi connectivity index (χ0v) is 15.6. The third kappa shape index (κ3) is 5.98. The van der Waals surface area contributed by atoms with Gasteiger partial charge in [0.05, 0.1) is 6.54 Å². The molecule has 23 heavy (non-hydrogen) atoms. The van der Waals surface area contributed by atoms with Crippen LogP contribution in [0.3, 0.4) is 0 Å². The minimum Gasteiger partial charge on any atom is -0.301 e. The third-order valence-electron chi connectivity index (χ3n) is 4.17. The average molecular weight is 355 g/mol. The maximum atomic E-state index is 5.86. The zero-order chi connectivity index (χ0) is 16.7. The van der Waals surface area contributed by atoms with E-state index < -0.39 is 0 Å². The fraction of sp³-hybridized carbons (Fsp3) is 0.647. The van der Waals surface area contributed by atoms with Gasteiger partial charge in [-0.3, -0.25) is 4.90 Å². The molecule has 0 N–H and O–H groups in total. The lowest BCUT2D eigenvalue weighted by Crippen LogP contribution is -2.28. The van der Waals surface area contributed by atoms with Gasteiger partial charge in [-0.1, -0.05) is 55.3 Å². The van der Waals surface area contributed by atoms with Crippen LogP contribution in [0.1, 0.15) is 37.9 Å². The first-order valence-corrected chi connectivity index (χ1v) is 9.64. The van der Waals surface area contributed by atoms with Crippen molar-refractivity contribution in [2.75, 3.05) is 19.3 Å². The van der Waals surface area contributed by atoms with Crippen LogP contribution < -0.4 is 0 Å². The lowest BCUT2D eigenvalue weighted by atomic mass is 9.89. The highest BCUT2D eigenvalue weighted by atomic mass is 35.5. The minimum atomic E-state index is 0.624. The second-order valence-corrected chi connectivity index (χ2v) is 7.78. The summed E-state index contributed by atoms with van der Waals surface area (Å²) in [5.74, 6) is 2.47. The molecular formula is C17H27ClN4S. The van der Waals surface area contributed by atoms with E-state index in [2.05, 4.69) is 39.9 Å². The van der Waals surface area contributed by atoms with E-state index in [1.807, 2.05) is 6.08 Å². The van der Waals surface area contributed by atoms with Gasteiger partial charge >= 0.3 is 0 Å². The number of allylic oxidation sites excluding steroid dienone is 1. The molecule has 0 unspecified atom stereocenters. The number of thioether (sulfide) groups is 1. The lowest BCUT2D eigenvalue weighted by Gasteiger charge is -2.26. The van der Waals surface area contributed by atoms with Crippen molar-refractivity contribution < 1.29 is 0 Å². The zero-order valence-electron chi connectivity index (χ0n) is 14.0. The first-order valence-electron chi connectivity index (χ1n) is 8.27. The van der Waals surface area contributed by atoms with Gasteiger partial charge in [-0.15, -0.1) is 16.8 Å². The van der Waals surface area contributed by atoms with Gasteiger partial charge in [-0.2, -0.15) is 0 Å². The molecule has 0 bridgehead atoms. The largest absolute Gasteiger partial charge is 0.301 e. The van der Waals surface area contributed by atoms with Gasteiger partial charge in [-0.25, -0.2) is 0 Å². The Labute approximate surface area is 149 Å². The summed E-state index contributed by atoms with van der Waals surface area (Å²) >= 11 is 7.43. The van der Waals surface area contributed by atoms with Crippen LogP contribution in [0.15, 0.2) is 29.4 Å². The molecule has 1 aromatic heterocycles. The molecule has 4 nitrogen and oxygen atoms in total. The summed E-state index contributed by atoms with van der Waals surface area (Å²) in [5.41, 5.74) is 0. The Morgan fingerprint density at radius 3 is 2.78 bits per heavy atom. The molecule has 0 saturated heterocycles. The Bertz CT molecular complexity index is 523. The molecular weight excluding hydrogens is 328 g/mol. The number of halogens is 1. The van der Waals surface area contributed by atoms with Crippen molar-refractivity contribution in [3.05, 3.63) is 30.1 Å². The van der Waals surface area contributed by atoms with Gasteiger partial charge in [-0.05, 0) is 25.8 Å². The van der Waals surface area contributed by atoms with Crippen molar-refractivity contribution in [3.8, 4) is 0 Å². The first-order chi connectivity index (χ1) is 11.1. The van der Waals surface area contributed by atoms with Crippen molar-refractivity contribution in [1.29, 1.82) is 0 Å². The number of hydrogen-bond acceptors (Lipinski definition) is 4. The predicted molar refractivity (Wildman–Crippen MR) is 98.8 cm³/mol. The number of rotatable bonds is 9. The van der Waals surface area contributed by atoms with Crippen LogP contribution in [0.5, 0.6) is 0 Å². The van der Waals surface area contributed by atoms with Crippen LogP contribution in [0.25, 0.3) is 0 Å². The molecule has 0 atom stereocenters. The Balaban J connectivity index is 1.96. The maximum Gasteiger partial charge on any atom is 0.191 e. The minimum absolute atomic E-state index is 0.624. The summed E-state index contributed by atoms with van der Waals surface area (Å²) < 4.78 is 2.12. The van der Waals surface area contributed by atoms with Crippen molar-refractivity contribution in [2.45, 2.75) is 50.4 Å². The Morgan fingerprint density at radius 1 is 1.39 bits per heavy atom. The Morgan fingerprint density at radius 2 is 2.13 bits per heavy atom. The third-order valence-corrected chi connectivity index (χ3v) is 5.51. The Kier molecular flexibility index (Phi) is 7.66. The van der Waals surface area contributed by atoms with Gasteiger partial charge in [0.25, 0.3) is 0 Å². The molecule has 0 aromatic carbocycles. The molecule has 1 aromatic rings. The fourth-order valence-electron chi connectivity index (χ4n) is 3.11. The molecule has 2 rings (SSSR count). The highest BCUT2D eigenvalue weighted by Crippen LogP contribution is 2.25. The first kappa shape index (κ1) is 18.6. The van der Waals surface area contributed by atoms with Crippen LogP contribution in [0.2, 0.25) is 0 Å². The van der Waals surface area contributed by atoms with E-state index in [9.17, 15) is 0 Å². The summed E-state index contributed by atoms with van der Waals surface area (Å²) in [6, 6.07) is 0. The molecule has 6 heteroatoms. The summed E-state index contributed by atoms with van der Waals surface area (Å²) in [4.78, 5) is 2.37. The van der Waals surface area contributed by atoms with Gasteiger partial charge in [0.1, 0.15) is 5.82 Å². The lowest BCUT2D eigenvalue weighted by molar-refractivity contribution is 0.222. The number of aromatic nitrogens is 3. The van der Waals surface area contributed by atoms with Gasteiger partial charge in [0.15, 0.2) is 5.16 Å². The van der Waals surface area contributed by atoms with E-state index in [0.717, 1.165) is 36.5 Å². The summed E-state index contributed by atoms with van der Waals surface area (Å²) in [7, 11) is 2.18. The van der Waals surface area contributed by atoms with Gasteiger partial charge in [0, 0.05) is 23.9 Å². The van der Waals surface area contributed by atoms with Crippen molar-refractivity contribution in [1.82, 2.24) is 19.7 Å². The highest BCUT2D eigenvalue weighted by Gasteiger charge is 2.18. The number of nitrogens with zero attached hydrogens (tertiary/aromatic N) is 4. The SMILES string of the molecule is C=CCn1c(CN(C)CC2CCCCC2)nnc1SCC(=C)Cl. The van der Waals surface area contributed by atoms with E-state index in [4.69, 9.17) is 11.6 Å². The molecule has 1 saturated carbocycles. The van der Waals surface area contributed by atoms with Gasteiger partial charge < -0.3 is 4.57 Å². The molecule has 0 aliphatic heterocycles. The maximum absolute atomic E-state index is 5.86. The molecule has 0 radical (unpaired) electrons. The quantitative estimate of drug-likeness (QED) is 0.488.